The van der Waals surface area contributed by atoms with Crippen LogP contribution in [0.5, 0.6) is 5.75 Å². The highest BCUT2D eigenvalue weighted by molar-refractivity contribution is 8.18. The van der Waals surface area contributed by atoms with Crippen LogP contribution in [0.1, 0.15) is 12.6 Å². The monoisotopic (exact) mass is 403 g/mol. The molecular weight excluding hydrogens is 382 g/mol. The van der Waals surface area contributed by atoms with Crippen molar-refractivity contribution in [3.05, 3.63) is 83.5 Å². The summed E-state index contributed by atoms with van der Waals surface area (Å²) in [6.07, 6.45) is 3.91. The van der Waals surface area contributed by atoms with Crippen LogP contribution in [0.2, 0.25) is 0 Å². The zero-order valence-electron chi connectivity index (χ0n) is 16.3. The minimum Gasteiger partial charge on any atom is -0.497 e. The molecule has 0 aliphatic carbocycles. The predicted molar refractivity (Wildman–Crippen MR) is 119 cm³/mol. The molecular formula is C23H21N3O2S. The molecule has 0 N–H and O–H groups in total. The lowest BCUT2D eigenvalue weighted by molar-refractivity contribution is -0.122. The number of amidine groups is 1. The average molecular weight is 404 g/mol. The number of ether oxygens (including phenoxy) is 1. The number of carbonyl (C=O) groups is 1. The number of para-hydroxylation sites is 1. The highest BCUT2D eigenvalue weighted by Gasteiger charge is 2.32. The molecule has 1 aliphatic heterocycles. The largest absolute Gasteiger partial charge is 0.497 e. The quantitative estimate of drug-likeness (QED) is 0.556. The van der Waals surface area contributed by atoms with E-state index in [1.807, 2.05) is 90.5 Å². The van der Waals surface area contributed by atoms with Gasteiger partial charge in [0, 0.05) is 24.1 Å². The Morgan fingerprint density at radius 1 is 1.03 bits per heavy atom. The number of nitrogens with zero attached hydrogens (tertiary/aromatic N) is 3. The summed E-state index contributed by atoms with van der Waals surface area (Å²) in [6.45, 7) is 2.54. The fraction of sp³-hybridized carbons (Fsp3) is 0.130. The maximum atomic E-state index is 12.9. The van der Waals surface area contributed by atoms with Crippen molar-refractivity contribution >= 4 is 34.6 Å². The maximum Gasteiger partial charge on any atom is 0.266 e. The van der Waals surface area contributed by atoms with E-state index in [2.05, 4.69) is 4.99 Å². The summed E-state index contributed by atoms with van der Waals surface area (Å²) in [6, 6.07) is 21.5. The van der Waals surface area contributed by atoms with Crippen molar-refractivity contribution in [2.24, 2.45) is 4.99 Å². The van der Waals surface area contributed by atoms with Gasteiger partial charge in [-0.1, -0.05) is 18.2 Å². The van der Waals surface area contributed by atoms with Gasteiger partial charge in [-0.3, -0.25) is 9.69 Å². The Balaban J connectivity index is 1.66. The first-order chi connectivity index (χ1) is 14.2. The van der Waals surface area contributed by atoms with E-state index in [1.54, 1.807) is 12.0 Å². The molecule has 0 spiro atoms. The summed E-state index contributed by atoms with van der Waals surface area (Å²) >= 11 is 1.41. The third-order valence-corrected chi connectivity index (χ3v) is 5.60. The van der Waals surface area contributed by atoms with Gasteiger partial charge in [-0.25, -0.2) is 4.99 Å². The smallest absolute Gasteiger partial charge is 0.266 e. The Bertz CT molecular complexity index is 1070. The molecule has 2 aromatic carbocycles. The number of benzene rings is 2. The molecule has 5 nitrogen and oxygen atoms in total. The summed E-state index contributed by atoms with van der Waals surface area (Å²) < 4.78 is 7.28. The van der Waals surface area contributed by atoms with Gasteiger partial charge < -0.3 is 9.30 Å². The first-order valence-electron chi connectivity index (χ1n) is 9.36. The molecule has 29 heavy (non-hydrogen) atoms. The first kappa shape index (κ1) is 19.1. The van der Waals surface area contributed by atoms with Crippen LogP contribution in [0.3, 0.4) is 0 Å². The van der Waals surface area contributed by atoms with Crippen molar-refractivity contribution in [3.63, 3.8) is 0 Å². The van der Waals surface area contributed by atoms with E-state index >= 15 is 0 Å². The number of hydrogen-bond donors (Lipinski definition) is 0. The van der Waals surface area contributed by atoms with Crippen LogP contribution >= 0.6 is 11.8 Å². The van der Waals surface area contributed by atoms with Crippen LogP contribution in [0.25, 0.3) is 11.8 Å². The molecule has 0 unspecified atom stereocenters. The topological polar surface area (TPSA) is 46.8 Å². The van der Waals surface area contributed by atoms with Gasteiger partial charge in [0.05, 0.1) is 17.7 Å². The molecule has 0 radical (unpaired) electrons. The number of aromatic nitrogens is 1. The molecule has 1 aromatic heterocycles. The van der Waals surface area contributed by atoms with Gasteiger partial charge in [-0.2, -0.15) is 0 Å². The van der Waals surface area contributed by atoms with Gasteiger partial charge in [0.1, 0.15) is 5.75 Å². The number of thioether (sulfide) groups is 1. The lowest BCUT2D eigenvalue weighted by Gasteiger charge is -2.12. The van der Waals surface area contributed by atoms with E-state index in [0.29, 0.717) is 16.6 Å². The Labute approximate surface area is 174 Å². The van der Waals surface area contributed by atoms with Crippen molar-refractivity contribution < 1.29 is 9.53 Å². The Morgan fingerprint density at radius 3 is 2.48 bits per heavy atom. The predicted octanol–water partition coefficient (Wildman–Crippen LogP) is 5.11. The zero-order chi connectivity index (χ0) is 20.2. The number of aliphatic imine (C=N–C) groups is 1. The Kier molecular flexibility index (Phi) is 5.53. The summed E-state index contributed by atoms with van der Waals surface area (Å²) in [5.74, 6) is 0.789. The third kappa shape index (κ3) is 3.98. The number of amides is 1. The molecule has 0 atom stereocenters. The van der Waals surface area contributed by atoms with E-state index in [-0.39, 0.29) is 5.91 Å². The molecule has 0 saturated carbocycles. The molecule has 146 valence electrons. The molecule has 6 heteroatoms. The molecule has 0 bridgehead atoms. The fourth-order valence-corrected chi connectivity index (χ4v) is 4.15. The minimum atomic E-state index is -0.0188. The average Bonchev–Trinajstić information content (AvgIpc) is 3.33. The number of hydrogen-bond acceptors (Lipinski definition) is 4. The second-order valence-electron chi connectivity index (χ2n) is 6.39. The Morgan fingerprint density at radius 2 is 1.79 bits per heavy atom. The van der Waals surface area contributed by atoms with Gasteiger partial charge in [0.25, 0.3) is 5.91 Å². The van der Waals surface area contributed by atoms with Gasteiger partial charge in [0.2, 0.25) is 0 Å². The third-order valence-electron chi connectivity index (χ3n) is 4.60. The SMILES string of the molecule is CCN1C(=O)/C(=C/c2cccn2-c2ccc(OC)cc2)SC1=Nc1ccccc1. The molecule has 2 heterocycles. The number of methoxy groups -OCH3 is 1. The van der Waals surface area contributed by atoms with Crippen LogP contribution < -0.4 is 4.74 Å². The molecule has 1 fully saturated rings. The standard InChI is InChI=1S/C23H21N3O2S/c1-3-25-22(27)21(29-23(25)24-17-8-5-4-6-9-17)16-19-10-7-15-26(19)18-11-13-20(28-2)14-12-18/h4-16H,3H2,1-2H3/b21-16-,24-23?. The van der Waals surface area contributed by atoms with E-state index in [9.17, 15) is 4.79 Å². The zero-order valence-corrected chi connectivity index (χ0v) is 17.1. The number of carbonyl (C=O) groups excluding carboxylic acids is 1. The van der Waals surface area contributed by atoms with Crippen LogP contribution in [-0.2, 0) is 4.79 Å². The second-order valence-corrected chi connectivity index (χ2v) is 7.40. The molecule has 4 rings (SSSR count). The lowest BCUT2D eigenvalue weighted by atomic mass is 10.3. The summed E-state index contributed by atoms with van der Waals surface area (Å²) in [5, 5.41) is 0.706. The number of likely N-dealkylation sites (N-methyl/N-ethyl adjacent to an activating group) is 1. The maximum absolute atomic E-state index is 12.9. The normalized spacial score (nSPS) is 16.8. The van der Waals surface area contributed by atoms with Crippen molar-refractivity contribution in [2.75, 3.05) is 13.7 Å². The van der Waals surface area contributed by atoms with Gasteiger partial charge in [0.15, 0.2) is 5.17 Å². The highest BCUT2D eigenvalue weighted by atomic mass is 32.2. The first-order valence-corrected chi connectivity index (χ1v) is 10.2. The van der Waals surface area contributed by atoms with Gasteiger partial charge in [-0.05, 0) is 73.3 Å². The van der Waals surface area contributed by atoms with Crippen LogP contribution in [0.4, 0.5) is 5.69 Å². The van der Waals surface area contributed by atoms with Gasteiger partial charge in [-0.15, -0.1) is 0 Å². The minimum absolute atomic E-state index is 0.0188. The second kappa shape index (κ2) is 8.41. The van der Waals surface area contributed by atoms with Gasteiger partial charge >= 0.3 is 0 Å². The van der Waals surface area contributed by atoms with Crippen LogP contribution in [0.15, 0.2) is 82.8 Å². The van der Waals surface area contributed by atoms with Crippen LogP contribution in [0, 0.1) is 0 Å². The van der Waals surface area contributed by atoms with E-state index in [0.717, 1.165) is 22.8 Å². The van der Waals surface area contributed by atoms with Crippen molar-refractivity contribution in [1.82, 2.24) is 9.47 Å². The van der Waals surface area contributed by atoms with Crippen LogP contribution in [-0.4, -0.2) is 34.2 Å². The van der Waals surface area contributed by atoms with Crippen molar-refractivity contribution in [3.8, 4) is 11.4 Å². The summed E-state index contributed by atoms with van der Waals surface area (Å²) in [4.78, 5) is 20.0. The molecule has 1 amide bonds. The molecule has 1 saturated heterocycles. The van der Waals surface area contributed by atoms with Crippen molar-refractivity contribution in [2.45, 2.75) is 6.92 Å². The molecule has 1 aliphatic rings. The van der Waals surface area contributed by atoms with E-state index < -0.39 is 0 Å². The number of rotatable bonds is 5. The summed E-state index contributed by atoms with van der Waals surface area (Å²) in [7, 11) is 1.65. The summed E-state index contributed by atoms with van der Waals surface area (Å²) in [5.41, 5.74) is 2.77. The molecule has 3 aromatic rings. The highest BCUT2D eigenvalue weighted by Crippen LogP contribution is 2.34. The van der Waals surface area contributed by atoms with E-state index in [4.69, 9.17) is 4.74 Å². The lowest BCUT2D eigenvalue weighted by Crippen LogP contribution is -2.28. The Hall–Kier alpha value is -3.25. The fourth-order valence-electron chi connectivity index (χ4n) is 3.11. The van der Waals surface area contributed by atoms with Crippen molar-refractivity contribution in [1.29, 1.82) is 0 Å². The van der Waals surface area contributed by atoms with E-state index in [1.165, 1.54) is 11.8 Å².